The second-order valence-corrected chi connectivity index (χ2v) is 10.6. The fourth-order valence-electron chi connectivity index (χ4n) is 5.05. The molecule has 3 aliphatic rings. The molecular weight excluding hydrogens is 484 g/mol. The van der Waals surface area contributed by atoms with Gasteiger partial charge in [-0.3, -0.25) is 14.6 Å². The molecule has 2 saturated heterocycles. The van der Waals surface area contributed by atoms with Crippen molar-refractivity contribution in [3.8, 4) is 0 Å². The lowest BCUT2D eigenvalue weighted by molar-refractivity contribution is -0.284. The molecule has 1 amide bonds. The molecule has 4 rings (SSSR count). The van der Waals surface area contributed by atoms with Crippen LogP contribution >= 0.6 is 0 Å². The highest BCUT2D eigenvalue weighted by Crippen LogP contribution is 2.43. The number of amides is 1. The quantitative estimate of drug-likeness (QED) is 0.552. The van der Waals surface area contributed by atoms with Gasteiger partial charge in [-0.1, -0.05) is 35.6 Å². The number of esters is 2. The van der Waals surface area contributed by atoms with Crippen LogP contribution in [0, 0.1) is 0 Å². The van der Waals surface area contributed by atoms with E-state index >= 15 is 0 Å². The number of nitrogens with zero attached hydrogens (tertiary/aromatic N) is 3. The number of benzene rings is 1. The van der Waals surface area contributed by atoms with Crippen molar-refractivity contribution >= 4 is 17.8 Å². The lowest BCUT2D eigenvalue weighted by Gasteiger charge is -2.53. The fraction of sp³-hybridized carbons (Fsp3) is 0.640. The molecule has 0 radical (unpaired) electrons. The van der Waals surface area contributed by atoms with Crippen molar-refractivity contribution in [2.75, 3.05) is 13.2 Å². The summed E-state index contributed by atoms with van der Waals surface area (Å²) in [7, 11) is 0. The molecule has 1 aromatic carbocycles. The van der Waals surface area contributed by atoms with Crippen LogP contribution in [-0.4, -0.2) is 82.6 Å². The highest BCUT2D eigenvalue weighted by Gasteiger charge is 2.63. The first-order chi connectivity index (χ1) is 17.4. The van der Waals surface area contributed by atoms with E-state index in [2.05, 4.69) is 15.7 Å². The molecule has 0 bridgehead atoms. The first kappa shape index (κ1) is 27.0. The van der Waals surface area contributed by atoms with Crippen LogP contribution in [0.3, 0.4) is 0 Å². The summed E-state index contributed by atoms with van der Waals surface area (Å²) in [6.45, 7) is 7.76. The van der Waals surface area contributed by atoms with Gasteiger partial charge in [0, 0.05) is 25.8 Å². The summed E-state index contributed by atoms with van der Waals surface area (Å²) < 4.78 is 23.5. The summed E-state index contributed by atoms with van der Waals surface area (Å²) in [6, 6.07) is 7.30. The molecule has 3 aliphatic heterocycles. The Labute approximate surface area is 215 Å². The summed E-state index contributed by atoms with van der Waals surface area (Å²) in [4.78, 5) is 37.7. The SMILES string of the molecule is CC(=O)N[C@H]1[C@H]([C@@H]2O[C@H](c3ccccc3)OC[C@H]2OC(C)=O)N2N=NC[C@]2(C(=O)OC(C)(C)C)C[C@H]1O. The van der Waals surface area contributed by atoms with E-state index in [1.165, 1.54) is 18.9 Å². The van der Waals surface area contributed by atoms with Crippen LogP contribution in [0.25, 0.3) is 0 Å². The van der Waals surface area contributed by atoms with Crippen molar-refractivity contribution < 1.29 is 38.4 Å². The molecule has 202 valence electrons. The minimum Gasteiger partial charge on any atom is -0.458 e. The third-order valence-electron chi connectivity index (χ3n) is 6.48. The largest absolute Gasteiger partial charge is 0.458 e. The Balaban J connectivity index is 1.77. The van der Waals surface area contributed by atoms with Gasteiger partial charge < -0.3 is 29.4 Å². The summed E-state index contributed by atoms with van der Waals surface area (Å²) in [6.07, 6.45) is -3.98. The van der Waals surface area contributed by atoms with Gasteiger partial charge in [0.15, 0.2) is 17.9 Å². The second kappa shape index (κ2) is 10.3. The molecule has 0 aliphatic carbocycles. The van der Waals surface area contributed by atoms with Crippen molar-refractivity contribution in [2.24, 2.45) is 10.3 Å². The minimum absolute atomic E-state index is 0.0202. The lowest BCUT2D eigenvalue weighted by Crippen LogP contribution is -2.75. The third-order valence-corrected chi connectivity index (χ3v) is 6.48. The van der Waals surface area contributed by atoms with E-state index in [0.717, 1.165) is 5.56 Å². The number of ether oxygens (including phenoxy) is 4. The molecule has 1 aromatic rings. The molecule has 7 atom stereocenters. The molecule has 0 aromatic heterocycles. The molecule has 0 saturated carbocycles. The Morgan fingerprint density at radius 3 is 2.51 bits per heavy atom. The van der Waals surface area contributed by atoms with E-state index in [1.807, 2.05) is 30.3 Å². The predicted octanol–water partition coefficient (Wildman–Crippen LogP) is 1.43. The summed E-state index contributed by atoms with van der Waals surface area (Å²) >= 11 is 0. The van der Waals surface area contributed by atoms with Gasteiger partial charge in [0.05, 0.1) is 25.3 Å². The Morgan fingerprint density at radius 1 is 1.19 bits per heavy atom. The monoisotopic (exact) mass is 518 g/mol. The van der Waals surface area contributed by atoms with Gasteiger partial charge in [0.2, 0.25) is 5.91 Å². The second-order valence-electron chi connectivity index (χ2n) is 10.6. The van der Waals surface area contributed by atoms with Crippen LogP contribution in [0.2, 0.25) is 0 Å². The zero-order valence-electron chi connectivity index (χ0n) is 21.6. The van der Waals surface area contributed by atoms with E-state index in [9.17, 15) is 19.5 Å². The molecule has 12 heteroatoms. The van der Waals surface area contributed by atoms with E-state index in [0.29, 0.717) is 0 Å². The summed E-state index contributed by atoms with van der Waals surface area (Å²) in [5.74, 6) is -1.56. The molecule has 2 N–H and O–H groups in total. The minimum atomic E-state index is -1.43. The standard InChI is InChI=1S/C25H34N4O8/c1-14(30)27-19-17(32)11-25(23(33)37-24(3,4)5)13-26-28-29(25)20(19)21-18(35-15(2)31)12-34-22(36-21)16-9-7-6-8-10-16/h6-10,17-22,32H,11-13H2,1-5H3,(H,27,30)/t17-,18-,19-,20-,21-,22-,25+/m1/s1. The van der Waals surface area contributed by atoms with Gasteiger partial charge in [-0.2, -0.15) is 5.11 Å². The number of aliphatic hydroxyl groups is 1. The van der Waals surface area contributed by atoms with E-state index in [-0.39, 0.29) is 19.6 Å². The van der Waals surface area contributed by atoms with Crippen molar-refractivity contribution in [3.63, 3.8) is 0 Å². The average Bonchev–Trinajstić information content (AvgIpc) is 3.23. The lowest BCUT2D eigenvalue weighted by atomic mass is 9.77. The molecular formula is C25H34N4O8. The van der Waals surface area contributed by atoms with Crippen molar-refractivity contribution in [2.45, 2.75) is 88.9 Å². The van der Waals surface area contributed by atoms with E-state index in [1.54, 1.807) is 20.8 Å². The number of rotatable bonds is 5. The normalized spacial score (nSPS) is 33.4. The number of piperidine rings is 1. The summed E-state index contributed by atoms with van der Waals surface area (Å²) in [5.41, 5.74) is -1.51. The fourth-order valence-corrected chi connectivity index (χ4v) is 5.05. The van der Waals surface area contributed by atoms with Gasteiger partial charge in [-0.25, -0.2) is 4.79 Å². The average molecular weight is 519 g/mol. The maximum atomic E-state index is 13.5. The molecule has 12 nitrogen and oxygen atoms in total. The Hall–Kier alpha value is -3.09. The number of nitrogens with one attached hydrogen (secondary N) is 1. The zero-order valence-corrected chi connectivity index (χ0v) is 21.6. The Morgan fingerprint density at radius 2 is 1.89 bits per heavy atom. The van der Waals surface area contributed by atoms with Gasteiger partial charge in [-0.05, 0) is 20.8 Å². The zero-order chi connectivity index (χ0) is 27.0. The maximum Gasteiger partial charge on any atom is 0.336 e. The van der Waals surface area contributed by atoms with Crippen LogP contribution in [0.15, 0.2) is 40.7 Å². The topological polar surface area (TPSA) is 148 Å². The Kier molecular flexibility index (Phi) is 7.54. The first-order valence-corrected chi connectivity index (χ1v) is 12.3. The van der Waals surface area contributed by atoms with E-state index < -0.39 is 65.7 Å². The van der Waals surface area contributed by atoms with Gasteiger partial charge in [0.25, 0.3) is 0 Å². The van der Waals surface area contributed by atoms with Crippen molar-refractivity contribution in [1.29, 1.82) is 0 Å². The molecule has 2 fully saturated rings. The molecule has 0 spiro atoms. The van der Waals surface area contributed by atoms with Crippen LogP contribution < -0.4 is 5.32 Å². The van der Waals surface area contributed by atoms with Crippen LogP contribution in [0.4, 0.5) is 0 Å². The van der Waals surface area contributed by atoms with Gasteiger partial charge in [0.1, 0.15) is 17.7 Å². The molecule has 0 unspecified atom stereocenters. The number of aliphatic hydroxyl groups excluding tert-OH is 1. The number of hydrogen-bond donors (Lipinski definition) is 2. The molecule has 37 heavy (non-hydrogen) atoms. The maximum absolute atomic E-state index is 13.5. The number of carbonyl (C=O) groups excluding carboxylic acids is 3. The predicted molar refractivity (Wildman–Crippen MR) is 128 cm³/mol. The molecule has 3 heterocycles. The van der Waals surface area contributed by atoms with Crippen LogP contribution in [0.5, 0.6) is 0 Å². The van der Waals surface area contributed by atoms with Crippen molar-refractivity contribution in [3.05, 3.63) is 35.9 Å². The van der Waals surface area contributed by atoms with Crippen LogP contribution in [0.1, 0.15) is 52.9 Å². The Bertz CT molecular complexity index is 1040. The van der Waals surface area contributed by atoms with Crippen LogP contribution in [-0.2, 0) is 33.3 Å². The van der Waals surface area contributed by atoms with Gasteiger partial charge in [-0.15, -0.1) is 0 Å². The third kappa shape index (κ3) is 5.60. The number of fused-ring (bicyclic) bond motifs is 1. The number of carbonyl (C=O) groups is 3. The first-order valence-electron chi connectivity index (χ1n) is 12.3. The highest BCUT2D eigenvalue weighted by molar-refractivity contribution is 5.82. The van der Waals surface area contributed by atoms with Crippen molar-refractivity contribution in [1.82, 2.24) is 10.3 Å². The highest BCUT2D eigenvalue weighted by atomic mass is 16.7. The number of hydrogen-bond acceptors (Lipinski definition) is 11. The smallest absolute Gasteiger partial charge is 0.336 e. The van der Waals surface area contributed by atoms with E-state index in [4.69, 9.17) is 18.9 Å². The van der Waals surface area contributed by atoms with Gasteiger partial charge >= 0.3 is 11.9 Å². The summed E-state index contributed by atoms with van der Waals surface area (Å²) in [5, 5.41) is 23.9.